The van der Waals surface area contributed by atoms with Gasteiger partial charge in [0.25, 0.3) is 11.5 Å². The number of pyridine rings is 1. The maximum absolute atomic E-state index is 13.5. The van der Waals surface area contributed by atoms with E-state index in [0.717, 1.165) is 5.56 Å². The topological polar surface area (TPSA) is 68.2 Å². The number of hydrogen-bond acceptors (Lipinski definition) is 3. The quantitative estimate of drug-likeness (QED) is 0.671. The predicted octanol–water partition coefficient (Wildman–Crippen LogP) is 4.69. The number of carbonyl (C=O) groups excluding carboxylic acids is 2. The lowest BCUT2D eigenvalue weighted by atomic mass is 9.75. The van der Waals surface area contributed by atoms with E-state index in [-0.39, 0.29) is 22.4 Å². The normalized spacial score (nSPS) is 14.8. The van der Waals surface area contributed by atoms with Crippen molar-refractivity contribution < 1.29 is 14.0 Å². The Kier molecular flexibility index (Phi) is 5.09. The van der Waals surface area contributed by atoms with E-state index in [2.05, 4.69) is 5.32 Å². The van der Waals surface area contributed by atoms with Crippen molar-refractivity contribution in [2.75, 3.05) is 5.32 Å². The molecular formula is C25H23FN2O3. The van der Waals surface area contributed by atoms with Gasteiger partial charge in [-0.2, -0.15) is 0 Å². The average molecular weight is 418 g/mol. The highest BCUT2D eigenvalue weighted by atomic mass is 19.1. The van der Waals surface area contributed by atoms with Crippen LogP contribution in [0.5, 0.6) is 0 Å². The summed E-state index contributed by atoms with van der Waals surface area (Å²) in [4.78, 5) is 39.3. The number of fused-ring (bicyclic) bond motifs is 1. The monoisotopic (exact) mass is 418 g/mol. The van der Waals surface area contributed by atoms with E-state index in [1.54, 1.807) is 12.1 Å². The van der Waals surface area contributed by atoms with Gasteiger partial charge in [-0.25, -0.2) is 4.39 Å². The summed E-state index contributed by atoms with van der Waals surface area (Å²) in [6, 6.07) is 14.2. The van der Waals surface area contributed by atoms with E-state index < -0.39 is 17.3 Å². The summed E-state index contributed by atoms with van der Waals surface area (Å²) in [7, 11) is 0. The molecule has 1 aliphatic rings. The van der Waals surface area contributed by atoms with Gasteiger partial charge in [-0.1, -0.05) is 37.6 Å². The Morgan fingerprint density at radius 1 is 1.03 bits per heavy atom. The number of carbonyl (C=O) groups is 2. The van der Waals surface area contributed by atoms with Crippen LogP contribution in [0.25, 0.3) is 5.69 Å². The molecule has 1 amide bonds. The molecule has 0 atom stereocenters. The van der Waals surface area contributed by atoms with Crippen molar-refractivity contribution in [2.24, 2.45) is 5.41 Å². The molecule has 1 N–H and O–H groups in total. The second-order valence-electron chi connectivity index (χ2n) is 8.80. The molecule has 1 aromatic heterocycles. The van der Waals surface area contributed by atoms with Crippen molar-refractivity contribution in [3.05, 3.63) is 93.2 Å². The summed E-state index contributed by atoms with van der Waals surface area (Å²) < 4.78 is 15.0. The van der Waals surface area contributed by atoms with Crippen LogP contribution in [-0.2, 0) is 6.42 Å². The zero-order valence-electron chi connectivity index (χ0n) is 17.7. The maximum Gasteiger partial charge on any atom is 0.268 e. The van der Waals surface area contributed by atoms with Gasteiger partial charge in [0, 0.05) is 29.1 Å². The van der Waals surface area contributed by atoms with Crippen LogP contribution in [-0.4, -0.2) is 16.3 Å². The van der Waals surface area contributed by atoms with Crippen molar-refractivity contribution in [1.82, 2.24) is 4.57 Å². The number of rotatable bonds is 3. The van der Waals surface area contributed by atoms with Crippen LogP contribution in [0, 0.1) is 18.2 Å². The minimum Gasteiger partial charge on any atom is -0.322 e. The van der Waals surface area contributed by atoms with Crippen LogP contribution in [0.3, 0.4) is 0 Å². The summed E-state index contributed by atoms with van der Waals surface area (Å²) in [5.74, 6) is -1.29. The van der Waals surface area contributed by atoms with Gasteiger partial charge in [0.05, 0.1) is 0 Å². The third-order valence-electron chi connectivity index (χ3n) is 5.51. The number of Topliss-reactive ketones (excluding diaryl/α,β-unsaturated/α-hetero) is 1. The van der Waals surface area contributed by atoms with Crippen molar-refractivity contribution in [1.29, 1.82) is 0 Å². The van der Waals surface area contributed by atoms with Gasteiger partial charge < -0.3 is 5.32 Å². The second-order valence-corrected chi connectivity index (χ2v) is 8.80. The average Bonchev–Trinajstić information content (AvgIpc) is 2.68. The summed E-state index contributed by atoms with van der Waals surface area (Å²) in [6.45, 7) is 5.92. The standard InChI is InChI=1S/C25H23FN2O3/c1-15-7-9-18(10-8-15)28-21-13-25(2,3)14-22(29)19(21)12-20(24(28)31)23(30)27-17-6-4-5-16(26)11-17/h4-12H,13-14H2,1-3H3,(H,27,30). The van der Waals surface area contributed by atoms with E-state index in [0.29, 0.717) is 29.8 Å². The predicted molar refractivity (Wildman–Crippen MR) is 118 cm³/mol. The number of aromatic nitrogens is 1. The minimum atomic E-state index is -0.683. The summed E-state index contributed by atoms with van der Waals surface area (Å²) >= 11 is 0. The Morgan fingerprint density at radius 3 is 2.42 bits per heavy atom. The highest BCUT2D eigenvalue weighted by Crippen LogP contribution is 2.35. The molecule has 0 bridgehead atoms. The number of halogens is 1. The Morgan fingerprint density at radius 2 is 1.74 bits per heavy atom. The molecule has 0 saturated carbocycles. The van der Waals surface area contributed by atoms with E-state index in [1.807, 2.05) is 32.9 Å². The largest absolute Gasteiger partial charge is 0.322 e. The van der Waals surface area contributed by atoms with Gasteiger partial charge in [-0.05, 0) is 55.2 Å². The molecule has 3 aromatic rings. The molecule has 5 nitrogen and oxygen atoms in total. The number of anilines is 1. The molecule has 1 aliphatic carbocycles. The van der Waals surface area contributed by atoms with Gasteiger partial charge in [-0.3, -0.25) is 19.0 Å². The van der Waals surface area contributed by atoms with Gasteiger partial charge in [0.2, 0.25) is 0 Å². The molecule has 0 unspecified atom stereocenters. The van der Waals surface area contributed by atoms with Crippen molar-refractivity contribution in [2.45, 2.75) is 33.6 Å². The van der Waals surface area contributed by atoms with Gasteiger partial charge in [0.1, 0.15) is 11.4 Å². The van der Waals surface area contributed by atoms with E-state index in [9.17, 15) is 18.8 Å². The Balaban J connectivity index is 1.90. The number of ketones is 1. The molecule has 0 fully saturated rings. The number of aryl methyl sites for hydroxylation is 1. The molecule has 4 rings (SSSR count). The Hall–Kier alpha value is -3.54. The van der Waals surface area contributed by atoms with E-state index >= 15 is 0 Å². The third kappa shape index (κ3) is 4.06. The highest BCUT2D eigenvalue weighted by molar-refractivity contribution is 6.07. The third-order valence-corrected chi connectivity index (χ3v) is 5.51. The molecule has 0 radical (unpaired) electrons. The van der Waals surface area contributed by atoms with Crippen LogP contribution in [0.2, 0.25) is 0 Å². The van der Waals surface area contributed by atoms with Gasteiger partial charge in [-0.15, -0.1) is 0 Å². The number of nitrogens with one attached hydrogen (secondary N) is 1. The molecule has 0 spiro atoms. The molecular weight excluding hydrogens is 395 g/mol. The van der Waals surface area contributed by atoms with Gasteiger partial charge >= 0.3 is 0 Å². The van der Waals surface area contributed by atoms with E-state index in [4.69, 9.17) is 0 Å². The van der Waals surface area contributed by atoms with Crippen LogP contribution >= 0.6 is 0 Å². The van der Waals surface area contributed by atoms with Crippen molar-refractivity contribution in [3.63, 3.8) is 0 Å². The minimum absolute atomic E-state index is 0.105. The first-order valence-corrected chi connectivity index (χ1v) is 10.1. The molecule has 0 aliphatic heterocycles. The van der Waals surface area contributed by atoms with Crippen LogP contribution in [0.4, 0.5) is 10.1 Å². The van der Waals surface area contributed by atoms with Crippen molar-refractivity contribution in [3.8, 4) is 5.69 Å². The summed E-state index contributed by atoms with van der Waals surface area (Å²) in [6.07, 6.45) is 0.861. The Bertz CT molecular complexity index is 1260. The lowest BCUT2D eigenvalue weighted by molar-refractivity contribution is 0.0909. The number of amides is 1. The zero-order chi connectivity index (χ0) is 22.3. The molecule has 0 saturated heterocycles. The van der Waals surface area contributed by atoms with E-state index in [1.165, 1.54) is 34.9 Å². The molecule has 6 heteroatoms. The van der Waals surface area contributed by atoms with Crippen molar-refractivity contribution >= 4 is 17.4 Å². The Labute approximate surface area is 179 Å². The second kappa shape index (κ2) is 7.61. The summed E-state index contributed by atoms with van der Waals surface area (Å²) in [5.41, 5.74) is 1.88. The first-order chi connectivity index (χ1) is 14.6. The molecule has 158 valence electrons. The fourth-order valence-electron chi connectivity index (χ4n) is 4.01. The molecule has 1 heterocycles. The molecule has 31 heavy (non-hydrogen) atoms. The van der Waals surface area contributed by atoms with Gasteiger partial charge in [0.15, 0.2) is 5.78 Å². The fraction of sp³-hybridized carbons (Fsp3) is 0.240. The highest BCUT2D eigenvalue weighted by Gasteiger charge is 2.35. The summed E-state index contributed by atoms with van der Waals surface area (Å²) in [5, 5.41) is 2.56. The lowest BCUT2D eigenvalue weighted by Crippen LogP contribution is -2.37. The first-order valence-electron chi connectivity index (χ1n) is 10.1. The maximum atomic E-state index is 13.5. The molecule has 2 aromatic carbocycles. The number of nitrogens with zero attached hydrogens (tertiary/aromatic N) is 1. The lowest BCUT2D eigenvalue weighted by Gasteiger charge is -2.32. The SMILES string of the molecule is Cc1ccc(-n2c3c(cc(C(=O)Nc4cccc(F)c4)c2=O)C(=O)CC(C)(C)C3)cc1. The first kappa shape index (κ1) is 20.7. The van der Waals surface area contributed by atoms with Crippen LogP contribution in [0.15, 0.2) is 59.4 Å². The van der Waals surface area contributed by atoms with Crippen LogP contribution < -0.4 is 10.9 Å². The number of benzene rings is 2. The zero-order valence-corrected chi connectivity index (χ0v) is 17.7. The number of hydrogen-bond donors (Lipinski definition) is 1. The van der Waals surface area contributed by atoms with Crippen LogP contribution in [0.1, 0.15) is 52.2 Å². The fourth-order valence-corrected chi connectivity index (χ4v) is 4.01. The smallest absolute Gasteiger partial charge is 0.268 e.